The van der Waals surface area contributed by atoms with Crippen LogP contribution < -0.4 is 5.32 Å². The molecule has 0 saturated carbocycles. The summed E-state index contributed by atoms with van der Waals surface area (Å²) in [6, 6.07) is 23.8. The Labute approximate surface area is 155 Å². The molecule has 138 valence electrons. The standard InChI is InChI=1S/C22H18F3NO/c23-22(24,25)18-11-13-19(14-12-18)26-21(27)15-20(16-7-3-1-4-8-16)17-9-5-2-6-10-17/h1-14,20H,15H2,(H,26,27). The van der Waals surface area contributed by atoms with E-state index in [0.29, 0.717) is 5.69 Å². The molecular formula is C22H18F3NO. The fourth-order valence-electron chi connectivity index (χ4n) is 2.94. The quantitative estimate of drug-likeness (QED) is 0.599. The molecule has 0 aliphatic rings. The van der Waals surface area contributed by atoms with Crippen LogP contribution in [0.15, 0.2) is 84.9 Å². The van der Waals surface area contributed by atoms with E-state index < -0.39 is 11.7 Å². The van der Waals surface area contributed by atoms with Gasteiger partial charge in [-0.15, -0.1) is 0 Å². The maximum atomic E-state index is 12.6. The fraction of sp³-hybridized carbons (Fsp3) is 0.136. The zero-order valence-electron chi connectivity index (χ0n) is 14.4. The molecule has 0 spiro atoms. The highest BCUT2D eigenvalue weighted by atomic mass is 19.4. The largest absolute Gasteiger partial charge is 0.416 e. The molecule has 3 aromatic carbocycles. The molecular weight excluding hydrogens is 351 g/mol. The predicted octanol–water partition coefficient (Wildman–Crippen LogP) is 5.87. The lowest BCUT2D eigenvalue weighted by Crippen LogP contribution is -2.16. The van der Waals surface area contributed by atoms with E-state index in [9.17, 15) is 18.0 Å². The molecule has 0 heterocycles. The van der Waals surface area contributed by atoms with Gasteiger partial charge in [0.25, 0.3) is 0 Å². The van der Waals surface area contributed by atoms with Crippen LogP contribution in [0.4, 0.5) is 18.9 Å². The van der Waals surface area contributed by atoms with Crippen molar-refractivity contribution in [1.29, 1.82) is 0 Å². The highest BCUT2D eigenvalue weighted by Crippen LogP contribution is 2.31. The molecule has 0 fully saturated rings. The van der Waals surface area contributed by atoms with E-state index in [0.717, 1.165) is 23.3 Å². The summed E-state index contributed by atoms with van der Waals surface area (Å²) < 4.78 is 37.9. The van der Waals surface area contributed by atoms with E-state index in [1.165, 1.54) is 12.1 Å². The van der Waals surface area contributed by atoms with Crippen molar-refractivity contribution in [2.75, 3.05) is 5.32 Å². The number of hydrogen-bond acceptors (Lipinski definition) is 1. The fourth-order valence-corrected chi connectivity index (χ4v) is 2.94. The molecule has 0 saturated heterocycles. The van der Waals surface area contributed by atoms with Gasteiger partial charge in [0.05, 0.1) is 5.56 Å². The second kappa shape index (κ2) is 8.08. The molecule has 0 aliphatic carbocycles. The number of nitrogens with one attached hydrogen (secondary N) is 1. The Morgan fingerprint density at radius 1 is 0.778 bits per heavy atom. The van der Waals surface area contributed by atoms with Gasteiger partial charge in [0.15, 0.2) is 0 Å². The minimum absolute atomic E-state index is 0.137. The number of halogens is 3. The molecule has 0 atom stereocenters. The first kappa shape index (κ1) is 18.7. The minimum atomic E-state index is -4.39. The van der Waals surface area contributed by atoms with Crippen LogP contribution in [0.1, 0.15) is 29.0 Å². The molecule has 0 aromatic heterocycles. The first-order chi connectivity index (χ1) is 12.9. The smallest absolute Gasteiger partial charge is 0.326 e. The summed E-state index contributed by atoms with van der Waals surface area (Å²) in [6.45, 7) is 0. The molecule has 3 rings (SSSR count). The summed E-state index contributed by atoms with van der Waals surface area (Å²) in [4.78, 5) is 12.5. The third kappa shape index (κ3) is 4.97. The van der Waals surface area contributed by atoms with Crippen LogP contribution in [-0.2, 0) is 11.0 Å². The number of amides is 1. The second-order valence-electron chi connectivity index (χ2n) is 6.20. The first-order valence-corrected chi connectivity index (χ1v) is 8.50. The van der Waals surface area contributed by atoms with Gasteiger partial charge in [-0.05, 0) is 35.4 Å². The van der Waals surface area contributed by atoms with Crippen molar-refractivity contribution in [3.8, 4) is 0 Å². The van der Waals surface area contributed by atoms with E-state index in [4.69, 9.17) is 0 Å². The van der Waals surface area contributed by atoms with Gasteiger partial charge in [0.1, 0.15) is 0 Å². The summed E-state index contributed by atoms with van der Waals surface area (Å²) in [5.41, 5.74) is 1.61. The van der Waals surface area contributed by atoms with Gasteiger partial charge in [0, 0.05) is 18.0 Å². The number of alkyl halides is 3. The van der Waals surface area contributed by atoms with E-state index in [-0.39, 0.29) is 18.2 Å². The van der Waals surface area contributed by atoms with Gasteiger partial charge in [0.2, 0.25) is 5.91 Å². The summed E-state index contributed by atoms with van der Waals surface area (Å²) in [7, 11) is 0. The number of anilines is 1. The van der Waals surface area contributed by atoms with Crippen molar-refractivity contribution < 1.29 is 18.0 Å². The molecule has 27 heavy (non-hydrogen) atoms. The molecule has 3 aromatic rings. The Kier molecular flexibility index (Phi) is 5.60. The van der Waals surface area contributed by atoms with Gasteiger partial charge in [-0.1, -0.05) is 60.7 Å². The van der Waals surface area contributed by atoms with Gasteiger partial charge in [-0.2, -0.15) is 13.2 Å². The lowest BCUT2D eigenvalue weighted by molar-refractivity contribution is -0.137. The number of hydrogen-bond donors (Lipinski definition) is 1. The van der Waals surface area contributed by atoms with Gasteiger partial charge < -0.3 is 5.32 Å². The monoisotopic (exact) mass is 369 g/mol. The van der Waals surface area contributed by atoms with Gasteiger partial charge >= 0.3 is 6.18 Å². The number of carbonyl (C=O) groups is 1. The molecule has 0 bridgehead atoms. The molecule has 0 unspecified atom stereocenters. The number of benzene rings is 3. The Bertz CT molecular complexity index is 835. The Hall–Kier alpha value is -3.08. The molecule has 1 amide bonds. The normalized spacial score (nSPS) is 11.4. The summed E-state index contributed by atoms with van der Waals surface area (Å²) >= 11 is 0. The highest BCUT2D eigenvalue weighted by molar-refractivity contribution is 5.91. The maximum Gasteiger partial charge on any atom is 0.416 e. The van der Waals surface area contributed by atoms with Gasteiger partial charge in [-0.3, -0.25) is 4.79 Å². The average molecular weight is 369 g/mol. The SMILES string of the molecule is O=C(CC(c1ccccc1)c1ccccc1)Nc1ccc(C(F)(F)F)cc1. The van der Waals surface area contributed by atoms with Crippen molar-refractivity contribution in [2.45, 2.75) is 18.5 Å². The van der Waals surface area contributed by atoms with Crippen molar-refractivity contribution in [1.82, 2.24) is 0 Å². The molecule has 0 radical (unpaired) electrons. The molecule has 5 heteroatoms. The van der Waals surface area contributed by atoms with Crippen LogP contribution in [0.25, 0.3) is 0 Å². The van der Waals surface area contributed by atoms with E-state index in [1.807, 2.05) is 60.7 Å². The highest BCUT2D eigenvalue weighted by Gasteiger charge is 2.30. The average Bonchev–Trinajstić information content (AvgIpc) is 2.67. The van der Waals surface area contributed by atoms with Crippen LogP contribution >= 0.6 is 0 Å². The minimum Gasteiger partial charge on any atom is -0.326 e. The number of rotatable bonds is 5. The van der Waals surface area contributed by atoms with Crippen molar-refractivity contribution in [3.63, 3.8) is 0 Å². The van der Waals surface area contributed by atoms with E-state index in [2.05, 4.69) is 5.32 Å². The van der Waals surface area contributed by atoms with Crippen LogP contribution in [-0.4, -0.2) is 5.91 Å². The maximum absolute atomic E-state index is 12.6. The summed E-state index contributed by atoms with van der Waals surface area (Å²) in [5, 5.41) is 2.68. The first-order valence-electron chi connectivity index (χ1n) is 8.50. The number of carbonyl (C=O) groups excluding carboxylic acids is 1. The predicted molar refractivity (Wildman–Crippen MR) is 99.4 cm³/mol. The second-order valence-corrected chi connectivity index (χ2v) is 6.20. The zero-order chi connectivity index (χ0) is 19.3. The third-order valence-corrected chi connectivity index (χ3v) is 4.29. The van der Waals surface area contributed by atoms with Crippen LogP contribution in [0, 0.1) is 0 Å². The lowest BCUT2D eigenvalue weighted by atomic mass is 9.88. The topological polar surface area (TPSA) is 29.1 Å². The Morgan fingerprint density at radius 2 is 1.26 bits per heavy atom. The Balaban J connectivity index is 1.75. The van der Waals surface area contributed by atoms with Crippen LogP contribution in [0.2, 0.25) is 0 Å². The summed E-state index contributed by atoms with van der Waals surface area (Å²) in [5.74, 6) is -0.394. The van der Waals surface area contributed by atoms with Crippen molar-refractivity contribution in [3.05, 3.63) is 102 Å². The Morgan fingerprint density at radius 3 is 1.70 bits per heavy atom. The van der Waals surface area contributed by atoms with Crippen molar-refractivity contribution in [2.24, 2.45) is 0 Å². The third-order valence-electron chi connectivity index (χ3n) is 4.29. The van der Waals surface area contributed by atoms with Crippen LogP contribution in [0.3, 0.4) is 0 Å². The molecule has 2 nitrogen and oxygen atoms in total. The summed E-state index contributed by atoms with van der Waals surface area (Å²) in [6.07, 6.45) is -4.21. The zero-order valence-corrected chi connectivity index (χ0v) is 14.4. The van der Waals surface area contributed by atoms with E-state index >= 15 is 0 Å². The molecule has 0 aliphatic heterocycles. The lowest BCUT2D eigenvalue weighted by Gasteiger charge is -2.18. The van der Waals surface area contributed by atoms with E-state index in [1.54, 1.807) is 0 Å². The van der Waals surface area contributed by atoms with Crippen LogP contribution in [0.5, 0.6) is 0 Å². The van der Waals surface area contributed by atoms with Gasteiger partial charge in [-0.25, -0.2) is 0 Å². The molecule has 1 N–H and O–H groups in total. The van der Waals surface area contributed by atoms with Crippen molar-refractivity contribution >= 4 is 11.6 Å².